The number of hydrogen-bond donors (Lipinski definition) is 2. The maximum Gasteiger partial charge on any atom is 0.326 e. The average molecular weight is 343 g/mol. The first kappa shape index (κ1) is 18.3. The number of halogens is 3. The summed E-state index contributed by atoms with van der Waals surface area (Å²) in [5, 5.41) is 15.0. The van der Waals surface area contributed by atoms with Gasteiger partial charge in [-0.15, -0.1) is 0 Å². The van der Waals surface area contributed by atoms with Gasteiger partial charge < -0.3 is 15.4 Å². The molecule has 8 heteroatoms. The number of hydrazine groups is 1. The van der Waals surface area contributed by atoms with E-state index < -0.39 is 24.5 Å². The highest BCUT2D eigenvalue weighted by atomic mass is 19.3. The molecule has 0 bridgehead atoms. The topological polar surface area (TPSA) is 55.8 Å². The molecule has 0 aromatic heterocycles. The summed E-state index contributed by atoms with van der Waals surface area (Å²) >= 11 is 0. The Balaban J connectivity index is 2.02. The van der Waals surface area contributed by atoms with Crippen molar-refractivity contribution in [2.45, 2.75) is 32.0 Å². The second-order valence-corrected chi connectivity index (χ2v) is 5.55. The third kappa shape index (κ3) is 4.48. The van der Waals surface area contributed by atoms with Crippen LogP contribution in [0.3, 0.4) is 0 Å². The second kappa shape index (κ2) is 8.16. The van der Waals surface area contributed by atoms with Gasteiger partial charge in [0.25, 0.3) is 6.43 Å². The Bertz CT molecular complexity index is 598. The molecule has 2 rings (SSSR count). The number of hydrogen-bond acceptors (Lipinski definition) is 4. The van der Waals surface area contributed by atoms with Crippen molar-refractivity contribution in [3.05, 3.63) is 47.9 Å². The van der Waals surface area contributed by atoms with E-state index in [0.29, 0.717) is 5.56 Å². The smallest absolute Gasteiger partial charge is 0.326 e. The van der Waals surface area contributed by atoms with Crippen molar-refractivity contribution in [2.75, 3.05) is 13.1 Å². The molecule has 0 spiro atoms. The molecule has 2 N–H and O–H groups in total. The summed E-state index contributed by atoms with van der Waals surface area (Å²) in [5.74, 6) is -1.43. The fourth-order valence-electron chi connectivity index (χ4n) is 2.44. The number of nitrogens with one attached hydrogen (secondary N) is 1. The molecule has 0 amide bonds. The third-order valence-electron chi connectivity index (χ3n) is 3.82. The number of rotatable bonds is 8. The maximum atomic E-state index is 13.8. The van der Waals surface area contributed by atoms with Gasteiger partial charge in [0.15, 0.2) is 0 Å². The van der Waals surface area contributed by atoms with Crippen molar-refractivity contribution in [2.24, 2.45) is 0 Å². The highest BCUT2D eigenvalue weighted by molar-refractivity contribution is 5.76. The molecule has 5 nitrogen and oxygen atoms in total. The largest absolute Gasteiger partial charge is 0.480 e. The molecule has 1 aliphatic heterocycles. The molecule has 1 aromatic carbocycles. The highest BCUT2D eigenvalue weighted by Crippen LogP contribution is 2.20. The predicted octanol–water partition coefficient (Wildman–Crippen LogP) is 2.07. The summed E-state index contributed by atoms with van der Waals surface area (Å²) in [6.45, 7) is 1.91. The Kier molecular flexibility index (Phi) is 6.22. The Labute approximate surface area is 138 Å². The zero-order valence-electron chi connectivity index (χ0n) is 13.2. The minimum atomic E-state index is -2.49. The molecule has 2 unspecified atom stereocenters. The number of nitrogens with zero attached hydrogens (tertiary/aromatic N) is 2. The standard InChI is InChI=1S/C16H20F3N3O2/c1-11(15(18)19)20-7-9-22-14(16(23)24)6-8-21(22)10-12-4-2-3-5-13(12)17/h2-6,8,11,14-15,20H,7,9-10H2,1H3,(H,23,24). The minimum Gasteiger partial charge on any atom is -0.480 e. The lowest BCUT2D eigenvalue weighted by Crippen LogP contribution is -2.48. The van der Waals surface area contributed by atoms with Gasteiger partial charge >= 0.3 is 5.97 Å². The Morgan fingerprint density at radius 1 is 1.38 bits per heavy atom. The van der Waals surface area contributed by atoms with E-state index in [1.807, 2.05) is 0 Å². The SMILES string of the molecule is CC(NCCN1C(C(=O)O)C=CN1Cc1ccccc1F)C(F)F. The van der Waals surface area contributed by atoms with Crippen molar-refractivity contribution < 1.29 is 23.1 Å². The highest BCUT2D eigenvalue weighted by Gasteiger charge is 2.32. The number of benzene rings is 1. The summed E-state index contributed by atoms with van der Waals surface area (Å²) in [4.78, 5) is 11.3. The zero-order chi connectivity index (χ0) is 17.7. The first-order valence-corrected chi connectivity index (χ1v) is 7.59. The molecule has 0 saturated carbocycles. The molecule has 24 heavy (non-hydrogen) atoms. The first-order valence-electron chi connectivity index (χ1n) is 7.59. The second-order valence-electron chi connectivity index (χ2n) is 5.55. The monoisotopic (exact) mass is 343 g/mol. The number of carboxylic acid groups (broad SMARTS) is 1. The Morgan fingerprint density at radius 2 is 2.08 bits per heavy atom. The van der Waals surface area contributed by atoms with E-state index in [9.17, 15) is 23.1 Å². The van der Waals surface area contributed by atoms with Crippen molar-refractivity contribution in [1.82, 2.24) is 15.3 Å². The number of aliphatic carboxylic acids is 1. The quantitative estimate of drug-likeness (QED) is 0.757. The predicted molar refractivity (Wildman–Crippen MR) is 82.7 cm³/mol. The number of carbonyl (C=O) groups is 1. The molecule has 0 aliphatic carbocycles. The van der Waals surface area contributed by atoms with Gasteiger partial charge in [-0.1, -0.05) is 18.2 Å². The van der Waals surface area contributed by atoms with Crippen molar-refractivity contribution >= 4 is 5.97 Å². The molecule has 1 aliphatic rings. The van der Waals surface area contributed by atoms with E-state index in [0.717, 1.165) is 0 Å². The normalized spacial score (nSPS) is 19.2. The van der Waals surface area contributed by atoms with Gasteiger partial charge in [-0.05, 0) is 19.1 Å². The van der Waals surface area contributed by atoms with Gasteiger partial charge in [-0.3, -0.25) is 4.79 Å². The van der Waals surface area contributed by atoms with Crippen molar-refractivity contribution in [3.8, 4) is 0 Å². The lowest BCUT2D eigenvalue weighted by atomic mass is 10.2. The van der Waals surface area contributed by atoms with Crippen LogP contribution in [0.4, 0.5) is 13.2 Å². The van der Waals surface area contributed by atoms with E-state index in [2.05, 4.69) is 5.32 Å². The molecule has 0 fully saturated rings. The lowest BCUT2D eigenvalue weighted by molar-refractivity contribution is -0.145. The fourth-order valence-corrected chi connectivity index (χ4v) is 2.44. The van der Waals surface area contributed by atoms with Crippen LogP contribution < -0.4 is 5.32 Å². The zero-order valence-corrected chi connectivity index (χ0v) is 13.2. The number of alkyl halides is 2. The summed E-state index contributed by atoms with van der Waals surface area (Å²) in [6, 6.07) is 4.34. The van der Waals surface area contributed by atoms with Crippen molar-refractivity contribution in [3.63, 3.8) is 0 Å². The molecule has 132 valence electrons. The summed E-state index contributed by atoms with van der Waals surface area (Å²) < 4.78 is 38.8. The molecule has 0 radical (unpaired) electrons. The van der Waals surface area contributed by atoms with Crippen LogP contribution in [0.2, 0.25) is 0 Å². The summed E-state index contributed by atoms with van der Waals surface area (Å²) in [5.41, 5.74) is 0.423. The minimum absolute atomic E-state index is 0.164. The van der Waals surface area contributed by atoms with E-state index in [1.165, 1.54) is 24.1 Å². The molecular formula is C16H20F3N3O2. The molecular weight excluding hydrogens is 323 g/mol. The van der Waals surface area contributed by atoms with Crippen molar-refractivity contribution in [1.29, 1.82) is 0 Å². The molecule has 2 atom stereocenters. The van der Waals surface area contributed by atoms with Crippen LogP contribution in [0.5, 0.6) is 0 Å². The van der Waals surface area contributed by atoms with Crippen LogP contribution in [0.25, 0.3) is 0 Å². The van der Waals surface area contributed by atoms with Gasteiger partial charge in [0.1, 0.15) is 11.9 Å². The van der Waals surface area contributed by atoms with E-state index in [4.69, 9.17) is 0 Å². The van der Waals surface area contributed by atoms with Gasteiger partial charge in [-0.2, -0.15) is 0 Å². The van der Waals surface area contributed by atoms with Gasteiger partial charge in [0.05, 0.1) is 12.6 Å². The van der Waals surface area contributed by atoms with E-state index in [-0.39, 0.29) is 25.5 Å². The first-order chi connectivity index (χ1) is 11.4. The number of carboxylic acids is 1. The van der Waals surface area contributed by atoms with Gasteiger partial charge in [0.2, 0.25) is 0 Å². The third-order valence-corrected chi connectivity index (χ3v) is 3.82. The van der Waals surface area contributed by atoms with Gasteiger partial charge in [-0.25, -0.2) is 18.2 Å². The Hall–Kier alpha value is -2.06. The van der Waals surface area contributed by atoms with Gasteiger partial charge in [0, 0.05) is 24.9 Å². The molecule has 0 saturated heterocycles. The average Bonchev–Trinajstić information content (AvgIpc) is 2.92. The molecule has 1 aromatic rings. The van der Waals surface area contributed by atoms with Crippen LogP contribution in [0.15, 0.2) is 36.5 Å². The molecule has 1 heterocycles. The van der Waals surface area contributed by atoms with E-state index >= 15 is 0 Å². The van der Waals surface area contributed by atoms with Crippen LogP contribution >= 0.6 is 0 Å². The van der Waals surface area contributed by atoms with Crippen LogP contribution in [-0.2, 0) is 11.3 Å². The summed E-state index contributed by atoms with van der Waals surface area (Å²) in [6.07, 6.45) is 0.563. The lowest BCUT2D eigenvalue weighted by Gasteiger charge is -2.32. The van der Waals surface area contributed by atoms with Crippen LogP contribution in [0, 0.1) is 5.82 Å². The van der Waals surface area contributed by atoms with E-state index in [1.54, 1.807) is 29.4 Å². The summed E-state index contributed by atoms with van der Waals surface area (Å²) in [7, 11) is 0. The maximum absolute atomic E-state index is 13.8. The van der Waals surface area contributed by atoms with Crippen LogP contribution in [0.1, 0.15) is 12.5 Å². The Morgan fingerprint density at radius 3 is 2.71 bits per heavy atom. The van der Waals surface area contributed by atoms with Crippen LogP contribution in [-0.4, -0.2) is 52.7 Å². The fraction of sp³-hybridized carbons (Fsp3) is 0.438.